The molecule has 1 saturated carbocycles. The summed E-state index contributed by atoms with van der Waals surface area (Å²) in [5.74, 6) is 0. The second kappa shape index (κ2) is 5.63. The predicted molar refractivity (Wildman–Crippen MR) is 74.0 cm³/mol. The zero-order chi connectivity index (χ0) is 11.5. The Labute approximate surface area is 110 Å². The molecule has 0 amide bonds. The molecule has 0 saturated heterocycles. The first-order valence-corrected chi connectivity index (χ1v) is 7.45. The summed E-state index contributed by atoms with van der Waals surface area (Å²) in [4.78, 5) is 2.35. The van der Waals surface area contributed by atoms with E-state index in [0.29, 0.717) is 6.04 Å². The normalized spacial score (nSPS) is 25.5. The summed E-state index contributed by atoms with van der Waals surface area (Å²) in [5.41, 5.74) is 1.39. The van der Waals surface area contributed by atoms with Crippen molar-refractivity contribution in [2.24, 2.45) is 0 Å². The number of hydrogen-bond donors (Lipinski definition) is 1. The molecule has 2 atom stereocenters. The smallest absolute Gasteiger partial charge is 0.0701 e. The maximum absolute atomic E-state index is 3.66. The standard InChI is InChI=1S/C12H19BrN2S/c1-15(2)11-4-3-10(6-11)14-7-9-5-12(13)16-8-9/h5,8,10-11,14H,3-4,6-7H2,1-2H3. The zero-order valence-corrected chi connectivity index (χ0v) is 12.3. The van der Waals surface area contributed by atoms with Crippen LogP contribution in [0.4, 0.5) is 0 Å². The molecule has 0 aromatic carbocycles. The number of hydrogen-bond acceptors (Lipinski definition) is 3. The van der Waals surface area contributed by atoms with Crippen molar-refractivity contribution in [1.82, 2.24) is 10.2 Å². The molecule has 0 spiro atoms. The van der Waals surface area contributed by atoms with Crippen LogP contribution >= 0.6 is 27.3 Å². The molecule has 1 heterocycles. The van der Waals surface area contributed by atoms with Crippen molar-refractivity contribution in [1.29, 1.82) is 0 Å². The van der Waals surface area contributed by atoms with Gasteiger partial charge in [0.05, 0.1) is 3.79 Å². The van der Waals surface area contributed by atoms with E-state index in [9.17, 15) is 0 Å². The van der Waals surface area contributed by atoms with Crippen molar-refractivity contribution in [2.75, 3.05) is 14.1 Å². The van der Waals surface area contributed by atoms with Crippen molar-refractivity contribution in [3.8, 4) is 0 Å². The third-order valence-electron chi connectivity index (χ3n) is 3.35. The molecule has 2 nitrogen and oxygen atoms in total. The van der Waals surface area contributed by atoms with Crippen molar-refractivity contribution in [3.05, 3.63) is 20.8 Å². The van der Waals surface area contributed by atoms with Crippen LogP contribution in [-0.4, -0.2) is 31.1 Å². The summed E-state index contributed by atoms with van der Waals surface area (Å²) in [5, 5.41) is 5.87. The fourth-order valence-corrected chi connectivity index (χ4v) is 3.52. The van der Waals surface area contributed by atoms with E-state index in [2.05, 4.69) is 51.7 Å². The highest BCUT2D eigenvalue weighted by Crippen LogP contribution is 2.24. The molecule has 0 aliphatic heterocycles. The molecule has 1 N–H and O–H groups in total. The monoisotopic (exact) mass is 302 g/mol. The van der Waals surface area contributed by atoms with Crippen molar-refractivity contribution < 1.29 is 0 Å². The Morgan fingerprint density at radius 2 is 2.31 bits per heavy atom. The summed E-state index contributed by atoms with van der Waals surface area (Å²) in [7, 11) is 4.37. The van der Waals surface area contributed by atoms with E-state index in [1.165, 1.54) is 28.6 Å². The molecular weight excluding hydrogens is 284 g/mol. The molecule has 16 heavy (non-hydrogen) atoms. The van der Waals surface area contributed by atoms with Gasteiger partial charge >= 0.3 is 0 Å². The Balaban J connectivity index is 1.75. The fourth-order valence-electron chi connectivity index (χ4n) is 2.31. The van der Waals surface area contributed by atoms with Gasteiger partial charge in [0.2, 0.25) is 0 Å². The number of nitrogens with one attached hydrogen (secondary N) is 1. The molecule has 0 radical (unpaired) electrons. The van der Waals surface area contributed by atoms with Crippen LogP contribution in [0.5, 0.6) is 0 Å². The topological polar surface area (TPSA) is 15.3 Å². The highest BCUT2D eigenvalue weighted by Gasteiger charge is 2.25. The largest absolute Gasteiger partial charge is 0.310 e. The van der Waals surface area contributed by atoms with Crippen molar-refractivity contribution in [3.63, 3.8) is 0 Å². The molecule has 1 aromatic heterocycles. The van der Waals surface area contributed by atoms with Crippen LogP contribution in [0.3, 0.4) is 0 Å². The first-order valence-electron chi connectivity index (χ1n) is 5.78. The maximum atomic E-state index is 3.66. The number of nitrogens with zero attached hydrogens (tertiary/aromatic N) is 1. The van der Waals surface area contributed by atoms with E-state index in [1.54, 1.807) is 11.3 Å². The van der Waals surface area contributed by atoms with Crippen LogP contribution in [0.25, 0.3) is 0 Å². The molecule has 2 unspecified atom stereocenters. The molecule has 4 heteroatoms. The Bertz CT molecular complexity index is 338. The van der Waals surface area contributed by atoms with Crippen molar-refractivity contribution >= 4 is 27.3 Å². The molecule has 1 aromatic rings. The minimum atomic E-state index is 0.700. The summed E-state index contributed by atoms with van der Waals surface area (Å²) in [6, 6.07) is 3.67. The molecule has 0 bridgehead atoms. The Morgan fingerprint density at radius 1 is 1.50 bits per heavy atom. The third-order valence-corrected chi connectivity index (χ3v) is 4.91. The van der Waals surface area contributed by atoms with Crippen LogP contribution in [0.15, 0.2) is 15.2 Å². The van der Waals surface area contributed by atoms with Crippen LogP contribution in [0.1, 0.15) is 24.8 Å². The highest BCUT2D eigenvalue weighted by atomic mass is 79.9. The zero-order valence-electron chi connectivity index (χ0n) is 9.87. The number of halogens is 1. The lowest BCUT2D eigenvalue weighted by Gasteiger charge is -2.19. The van der Waals surface area contributed by atoms with Gasteiger partial charge in [0.15, 0.2) is 0 Å². The van der Waals surface area contributed by atoms with Gasteiger partial charge < -0.3 is 10.2 Å². The van der Waals surface area contributed by atoms with E-state index in [0.717, 1.165) is 12.6 Å². The quantitative estimate of drug-likeness (QED) is 0.919. The number of rotatable bonds is 4. The van der Waals surface area contributed by atoms with Gasteiger partial charge in [-0.2, -0.15) is 0 Å². The molecule has 1 aliphatic rings. The first kappa shape index (κ1) is 12.6. The second-order valence-electron chi connectivity index (χ2n) is 4.77. The van der Waals surface area contributed by atoms with Crippen LogP contribution in [0, 0.1) is 0 Å². The average molecular weight is 303 g/mol. The minimum absolute atomic E-state index is 0.700. The van der Waals surface area contributed by atoms with Crippen LogP contribution in [-0.2, 0) is 6.54 Å². The fraction of sp³-hybridized carbons (Fsp3) is 0.667. The van der Waals surface area contributed by atoms with Gasteiger partial charge in [0, 0.05) is 18.6 Å². The van der Waals surface area contributed by atoms with Crippen LogP contribution < -0.4 is 5.32 Å². The van der Waals surface area contributed by atoms with Gasteiger partial charge in [0.1, 0.15) is 0 Å². The summed E-state index contributed by atoms with van der Waals surface area (Å²) in [6.45, 7) is 1.01. The Hall–Kier alpha value is 0.100. The lowest BCUT2D eigenvalue weighted by atomic mass is 10.2. The summed E-state index contributed by atoms with van der Waals surface area (Å²) in [6.07, 6.45) is 3.93. The Kier molecular flexibility index (Phi) is 4.41. The first-order chi connectivity index (χ1) is 7.65. The predicted octanol–water partition coefficient (Wildman–Crippen LogP) is 3.08. The molecule has 1 aliphatic carbocycles. The summed E-state index contributed by atoms with van der Waals surface area (Å²) >= 11 is 5.26. The van der Waals surface area contributed by atoms with Gasteiger partial charge in [-0.3, -0.25) is 0 Å². The molecule has 1 fully saturated rings. The summed E-state index contributed by atoms with van der Waals surface area (Å²) < 4.78 is 1.22. The van der Waals surface area contributed by atoms with E-state index < -0.39 is 0 Å². The van der Waals surface area contributed by atoms with Gasteiger partial charge in [-0.1, -0.05) is 0 Å². The Morgan fingerprint density at radius 3 is 2.88 bits per heavy atom. The van der Waals surface area contributed by atoms with Gasteiger partial charge in [-0.05, 0) is 66.3 Å². The van der Waals surface area contributed by atoms with E-state index in [1.807, 2.05) is 0 Å². The van der Waals surface area contributed by atoms with Gasteiger partial charge in [0.25, 0.3) is 0 Å². The minimum Gasteiger partial charge on any atom is -0.310 e. The van der Waals surface area contributed by atoms with Crippen molar-refractivity contribution in [2.45, 2.75) is 37.9 Å². The molecule has 90 valence electrons. The van der Waals surface area contributed by atoms with E-state index >= 15 is 0 Å². The lowest BCUT2D eigenvalue weighted by molar-refractivity contribution is 0.293. The molecule has 2 rings (SSSR count). The van der Waals surface area contributed by atoms with E-state index in [-0.39, 0.29) is 0 Å². The lowest BCUT2D eigenvalue weighted by Crippen LogP contribution is -2.30. The SMILES string of the molecule is CN(C)C1CCC(NCc2csc(Br)c2)C1. The van der Waals surface area contributed by atoms with E-state index in [4.69, 9.17) is 0 Å². The number of thiophene rings is 1. The van der Waals surface area contributed by atoms with Gasteiger partial charge in [-0.15, -0.1) is 11.3 Å². The molecular formula is C12H19BrN2S. The maximum Gasteiger partial charge on any atom is 0.0701 e. The van der Waals surface area contributed by atoms with Gasteiger partial charge in [-0.25, -0.2) is 0 Å². The average Bonchev–Trinajstić information content (AvgIpc) is 2.83. The third kappa shape index (κ3) is 3.29. The highest BCUT2D eigenvalue weighted by molar-refractivity contribution is 9.11. The van der Waals surface area contributed by atoms with Crippen LogP contribution in [0.2, 0.25) is 0 Å². The second-order valence-corrected chi connectivity index (χ2v) is 7.06.